The lowest BCUT2D eigenvalue weighted by molar-refractivity contribution is -0.138. The number of hydrogen-bond acceptors (Lipinski definition) is 15. The molecule has 0 bridgehead atoms. The monoisotopic (exact) mass is 950 g/mol. The summed E-state index contributed by atoms with van der Waals surface area (Å²) in [6.07, 6.45) is -7.71. The molecule has 17 nitrogen and oxygen atoms in total. The molecule has 4 aromatic carbocycles. The third-order valence-corrected chi connectivity index (χ3v) is 8.52. The van der Waals surface area contributed by atoms with Crippen molar-refractivity contribution in [3.05, 3.63) is 126 Å². The molecule has 24 heteroatoms. The molecule has 0 atom stereocenters. The minimum atomic E-state index is -4.57. The number of hydrogen-bond donors (Lipinski definition) is 6. The normalized spacial score (nSPS) is 10.8. The summed E-state index contributed by atoms with van der Waals surface area (Å²) >= 11 is 5.63. The van der Waals surface area contributed by atoms with Crippen molar-refractivity contribution in [2.75, 3.05) is 29.2 Å². The maximum absolute atomic E-state index is 13.0. The lowest BCUT2D eigenvalue weighted by atomic mass is 10.2. The van der Waals surface area contributed by atoms with E-state index >= 15 is 0 Å². The lowest BCUT2D eigenvalue weighted by Crippen LogP contribution is -2.06. The number of rotatable bonds is 11. The fourth-order valence-electron chi connectivity index (χ4n) is 5.32. The van der Waals surface area contributed by atoms with Gasteiger partial charge in [-0.05, 0) is 84.9 Å². The van der Waals surface area contributed by atoms with E-state index in [4.69, 9.17) is 37.3 Å². The predicted molar refractivity (Wildman–Crippen MR) is 240 cm³/mol. The molecular formula is C43H41ClF6N14O3. The van der Waals surface area contributed by atoms with Gasteiger partial charge >= 0.3 is 18.4 Å². The standard InChI is InChI=1S/C20H16F3N7O2.C19H13ClF3N7O.2C2H6/c1-31-19-26-15(24)10-16(27-19)32-14-7-5-11(6-8-14)17-28-18(30-29-17)25-13-4-2-3-12(9-13)20(21,22)23;20-14-6-3-11(7-13(14)19(21,22)23)27-18-28-17(29-30-18)10-1-4-12(5-2-10)31-16-8-15(24)25-9-26-16;2*1-2/h2-10H,1H3,(H2,24,26,27)(H2,25,28,29,30);1-9H,(H2,24,25,26)(H2,27,28,29,30);2*1-2H3. The molecule has 0 aliphatic rings. The summed E-state index contributed by atoms with van der Waals surface area (Å²) in [6, 6.07) is 24.9. The summed E-state index contributed by atoms with van der Waals surface area (Å²) in [4.78, 5) is 24.2. The zero-order valence-corrected chi connectivity index (χ0v) is 36.8. The highest BCUT2D eigenvalue weighted by molar-refractivity contribution is 6.31. The summed E-state index contributed by atoms with van der Waals surface area (Å²) in [5.74, 6) is 3.05. The molecular weight excluding hydrogens is 910 g/mol. The van der Waals surface area contributed by atoms with Crippen LogP contribution in [-0.4, -0.2) is 57.4 Å². The molecule has 8 aromatic rings. The Morgan fingerprint density at radius 1 is 0.582 bits per heavy atom. The van der Waals surface area contributed by atoms with Crippen molar-refractivity contribution in [1.29, 1.82) is 0 Å². The van der Waals surface area contributed by atoms with Gasteiger partial charge in [-0.1, -0.05) is 45.4 Å². The van der Waals surface area contributed by atoms with Gasteiger partial charge in [0, 0.05) is 34.6 Å². The van der Waals surface area contributed by atoms with Crippen LogP contribution in [0, 0.1) is 0 Å². The second-order valence-electron chi connectivity index (χ2n) is 12.7. The molecule has 0 spiro atoms. The molecule has 67 heavy (non-hydrogen) atoms. The number of nitrogens with one attached hydrogen (secondary N) is 4. The third-order valence-electron chi connectivity index (χ3n) is 8.19. The molecule has 0 aliphatic carbocycles. The summed E-state index contributed by atoms with van der Waals surface area (Å²) in [5, 5.41) is 18.5. The second kappa shape index (κ2) is 22.6. The van der Waals surface area contributed by atoms with E-state index in [2.05, 4.69) is 60.9 Å². The van der Waals surface area contributed by atoms with Crippen LogP contribution in [0.25, 0.3) is 22.8 Å². The fraction of sp³-hybridized carbons (Fsp3) is 0.163. The number of nitrogens with two attached hydrogens (primary N) is 2. The zero-order chi connectivity index (χ0) is 48.7. The number of H-pyrrole nitrogens is 2. The Kier molecular flexibility index (Phi) is 16.8. The van der Waals surface area contributed by atoms with Crippen LogP contribution in [0.5, 0.6) is 29.3 Å². The molecule has 4 aromatic heterocycles. The van der Waals surface area contributed by atoms with Gasteiger partial charge in [0.1, 0.15) is 29.5 Å². The molecule has 0 saturated heterocycles. The quantitative estimate of drug-likeness (QED) is 0.0661. The van der Waals surface area contributed by atoms with Crippen molar-refractivity contribution in [2.24, 2.45) is 0 Å². The smallest absolute Gasteiger partial charge is 0.417 e. The summed E-state index contributed by atoms with van der Waals surface area (Å²) in [6.45, 7) is 8.00. The number of nitrogens with zero attached hydrogens (tertiary/aromatic N) is 8. The van der Waals surface area contributed by atoms with E-state index in [0.717, 1.165) is 24.3 Å². The Morgan fingerprint density at radius 2 is 1.12 bits per heavy atom. The maximum atomic E-state index is 13.0. The number of methoxy groups -OCH3 is 1. The highest BCUT2D eigenvalue weighted by Crippen LogP contribution is 2.37. The first-order valence-corrected chi connectivity index (χ1v) is 20.2. The topological polar surface area (TPSA) is 238 Å². The van der Waals surface area contributed by atoms with Crippen LogP contribution in [0.1, 0.15) is 38.8 Å². The van der Waals surface area contributed by atoms with Gasteiger partial charge in [-0.3, -0.25) is 10.2 Å². The van der Waals surface area contributed by atoms with Gasteiger partial charge in [0.2, 0.25) is 23.7 Å². The van der Waals surface area contributed by atoms with Crippen molar-refractivity contribution in [2.45, 2.75) is 40.0 Å². The van der Waals surface area contributed by atoms with E-state index in [1.54, 1.807) is 48.5 Å². The van der Waals surface area contributed by atoms with Crippen LogP contribution in [0.15, 0.2) is 109 Å². The van der Waals surface area contributed by atoms with Crippen molar-refractivity contribution >= 4 is 46.5 Å². The minimum absolute atomic E-state index is 0.0825. The van der Waals surface area contributed by atoms with E-state index in [0.29, 0.717) is 40.2 Å². The molecule has 8 rings (SSSR count). The van der Waals surface area contributed by atoms with Gasteiger partial charge in [-0.25, -0.2) is 9.97 Å². The van der Waals surface area contributed by atoms with Crippen molar-refractivity contribution < 1.29 is 40.6 Å². The molecule has 0 radical (unpaired) electrons. The number of nitrogen functional groups attached to an aromatic ring is 2. The van der Waals surface area contributed by atoms with Crippen molar-refractivity contribution in [3.63, 3.8) is 0 Å². The number of aromatic nitrogens is 10. The van der Waals surface area contributed by atoms with Crippen molar-refractivity contribution in [1.82, 2.24) is 50.3 Å². The first-order chi connectivity index (χ1) is 32.1. The third kappa shape index (κ3) is 14.1. The van der Waals surface area contributed by atoms with Gasteiger partial charge in [0.15, 0.2) is 11.6 Å². The van der Waals surface area contributed by atoms with Crippen LogP contribution in [0.3, 0.4) is 0 Å². The van der Waals surface area contributed by atoms with Crippen molar-refractivity contribution in [3.8, 4) is 52.0 Å². The lowest BCUT2D eigenvalue weighted by Gasteiger charge is -2.10. The van der Waals surface area contributed by atoms with Gasteiger partial charge in [0.05, 0.1) is 23.3 Å². The van der Waals surface area contributed by atoms with E-state index in [9.17, 15) is 26.3 Å². The molecule has 0 amide bonds. The molecule has 350 valence electrons. The minimum Gasteiger partial charge on any atom is -0.467 e. The molecule has 4 heterocycles. The summed E-state index contributed by atoms with van der Waals surface area (Å²) in [5.41, 5.74) is 11.3. The largest absolute Gasteiger partial charge is 0.467 e. The Morgan fingerprint density at radius 3 is 1.64 bits per heavy atom. The zero-order valence-electron chi connectivity index (χ0n) is 36.0. The van der Waals surface area contributed by atoms with Crippen LogP contribution in [0.4, 0.5) is 61.2 Å². The highest BCUT2D eigenvalue weighted by Gasteiger charge is 2.33. The number of benzene rings is 4. The summed E-state index contributed by atoms with van der Waals surface area (Å²) in [7, 11) is 1.42. The van der Waals surface area contributed by atoms with E-state index in [1.807, 2.05) is 27.7 Å². The molecule has 0 unspecified atom stereocenters. The van der Waals surface area contributed by atoms with Gasteiger partial charge < -0.3 is 36.3 Å². The summed E-state index contributed by atoms with van der Waals surface area (Å²) < 4.78 is 93.8. The number of halogens is 7. The predicted octanol–water partition coefficient (Wildman–Crippen LogP) is 11.5. The first kappa shape index (κ1) is 49.8. The number of ether oxygens (including phenoxy) is 3. The molecule has 0 fully saturated rings. The van der Waals surface area contributed by atoms with E-state index < -0.39 is 23.5 Å². The molecule has 0 aliphatic heterocycles. The van der Waals surface area contributed by atoms with Gasteiger partial charge in [0.25, 0.3) is 0 Å². The van der Waals surface area contributed by atoms with E-state index in [-0.39, 0.29) is 51.8 Å². The average Bonchev–Trinajstić information content (AvgIpc) is 3.98. The number of anilines is 6. The molecule has 0 saturated carbocycles. The van der Waals surface area contributed by atoms with Crippen LogP contribution in [-0.2, 0) is 12.4 Å². The maximum Gasteiger partial charge on any atom is 0.417 e. The molecule has 8 N–H and O–H groups in total. The number of alkyl halides is 6. The highest BCUT2D eigenvalue weighted by atomic mass is 35.5. The second-order valence-corrected chi connectivity index (χ2v) is 13.1. The van der Waals surface area contributed by atoms with Gasteiger partial charge in [-0.15, -0.1) is 10.2 Å². The van der Waals surface area contributed by atoms with Crippen LogP contribution in [0.2, 0.25) is 5.02 Å². The Balaban J connectivity index is 0.000000234. The van der Waals surface area contributed by atoms with Gasteiger partial charge in [-0.2, -0.15) is 46.3 Å². The Labute approximate surface area is 383 Å². The number of aromatic amines is 2. The fourth-order valence-corrected chi connectivity index (χ4v) is 5.55. The Hall–Kier alpha value is -8.21. The van der Waals surface area contributed by atoms with Crippen LogP contribution < -0.4 is 36.3 Å². The van der Waals surface area contributed by atoms with Crippen LogP contribution >= 0.6 is 11.6 Å². The SMILES string of the molecule is CC.CC.COc1nc(N)cc(Oc2ccc(-c3nc(Nc4cccc(C(F)(F)F)c4)n[nH]3)cc2)n1.Nc1cc(Oc2ccc(-c3nc(Nc4ccc(Cl)c(C(F)(F)F)c4)n[nH]3)cc2)ncn1. The van der Waals surface area contributed by atoms with E-state index in [1.165, 1.54) is 43.8 Å². The first-order valence-electron chi connectivity index (χ1n) is 19.8. The average molecular weight is 951 g/mol. The Bertz CT molecular complexity index is 2830.